The lowest BCUT2D eigenvalue weighted by molar-refractivity contribution is -0.215. The van der Waals surface area contributed by atoms with Crippen molar-refractivity contribution in [1.29, 1.82) is 0 Å². The van der Waals surface area contributed by atoms with E-state index in [1.165, 1.54) is 10.9 Å². The van der Waals surface area contributed by atoms with E-state index in [-0.39, 0.29) is 39.5 Å². The smallest absolute Gasteiger partial charge is 0.358 e. The number of halogens is 1. The number of aliphatic hydroxyl groups excluding tert-OH is 3. The number of aryl methyl sites for hydroxylation is 1. The summed E-state index contributed by atoms with van der Waals surface area (Å²) in [5, 5.41) is 50.2. The second-order valence-corrected chi connectivity index (χ2v) is 11.7. The first kappa shape index (κ1) is 24.0. The van der Waals surface area contributed by atoms with Crippen molar-refractivity contribution < 1.29 is 30.0 Å². The number of carbonyl (C=O) groups excluding carboxylic acids is 1. The molecule has 34 heavy (non-hydrogen) atoms. The molecule has 2 fully saturated rings. The summed E-state index contributed by atoms with van der Waals surface area (Å²) in [6, 6.07) is 0. The number of hydrogen-bond acceptors (Lipinski definition) is 7. The van der Waals surface area contributed by atoms with Gasteiger partial charge in [-0.3, -0.25) is 4.68 Å². The highest BCUT2D eigenvalue weighted by Gasteiger charge is 2.76. The third-order valence-electron chi connectivity index (χ3n) is 9.47. The molecule has 0 amide bonds. The number of hydrogen-bond donors (Lipinski definition) is 4. The van der Waals surface area contributed by atoms with Crippen LogP contribution in [-0.4, -0.2) is 66.7 Å². The van der Waals surface area contributed by atoms with Gasteiger partial charge in [0.05, 0.1) is 29.3 Å². The fourth-order valence-corrected chi connectivity index (χ4v) is 7.95. The molecule has 1 unspecified atom stereocenters. The van der Waals surface area contributed by atoms with Crippen molar-refractivity contribution >= 4 is 17.6 Å². The fraction of sp³-hybridized carbons (Fsp3) is 0.680. The second-order valence-electron chi connectivity index (χ2n) is 11.3. The molecular weight excluding hydrogens is 460 g/mol. The average Bonchev–Trinajstić information content (AvgIpc) is 3.05. The summed E-state index contributed by atoms with van der Waals surface area (Å²) in [6.07, 6.45) is 1.78. The molecule has 0 saturated heterocycles. The van der Waals surface area contributed by atoms with E-state index < -0.39 is 41.9 Å². The number of nitrogens with zero attached hydrogens (tertiary/aromatic N) is 2. The molecule has 2 saturated carbocycles. The van der Waals surface area contributed by atoms with Crippen molar-refractivity contribution in [3.8, 4) is 0 Å². The Morgan fingerprint density at radius 1 is 1.35 bits per heavy atom. The molecule has 2 bridgehead atoms. The van der Waals surface area contributed by atoms with E-state index in [9.17, 15) is 25.2 Å². The molecule has 1 spiro atoms. The molecule has 9 atom stereocenters. The van der Waals surface area contributed by atoms with Crippen LogP contribution in [0.25, 0.3) is 0 Å². The minimum Gasteiger partial charge on any atom is -0.450 e. The van der Waals surface area contributed by atoms with Crippen LogP contribution >= 0.6 is 11.6 Å². The Balaban J connectivity index is 1.65. The minimum atomic E-state index is -2.08. The van der Waals surface area contributed by atoms with Gasteiger partial charge in [0.25, 0.3) is 0 Å². The third kappa shape index (κ3) is 2.75. The molecule has 9 heteroatoms. The van der Waals surface area contributed by atoms with Crippen molar-refractivity contribution in [3.63, 3.8) is 0 Å². The van der Waals surface area contributed by atoms with Crippen LogP contribution in [0.15, 0.2) is 29.5 Å². The van der Waals surface area contributed by atoms with Crippen LogP contribution in [0.2, 0.25) is 5.02 Å². The second kappa shape index (κ2) is 7.40. The van der Waals surface area contributed by atoms with Crippen LogP contribution in [0.3, 0.4) is 0 Å². The maximum atomic E-state index is 13.1. The van der Waals surface area contributed by atoms with E-state index in [0.717, 1.165) is 6.42 Å². The zero-order chi connectivity index (χ0) is 25.0. The standard InChI is InChI=1S/C25H33ClN2O6/c1-11-8-24-12(2)6-15-17(23(15,3)4)14(20(24)31)7-13(10-29)19(30)25(24,33)21(11)34-22(32)18-16(26)9-27-28(18)5/h7-9,12,14-15,17,19-21,29-31,33H,6,10H2,1-5H3/t12-,14+,15-,17+,19-,20?,21+,24+,25+/m1/s1. The van der Waals surface area contributed by atoms with Gasteiger partial charge in [-0.25, -0.2) is 4.79 Å². The van der Waals surface area contributed by atoms with Crippen LogP contribution in [0, 0.1) is 34.5 Å². The zero-order valence-corrected chi connectivity index (χ0v) is 20.8. The Morgan fingerprint density at radius 2 is 2.03 bits per heavy atom. The Labute approximate surface area is 203 Å². The number of fused-ring (bicyclic) bond motifs is 3. The maximum absolute atomic E-state index is 13.1. The molecule has 0 aliphatic heterocycles. The Morgan fingerprint density at radius 3 is 2.62 bits per heavy atom. The van der Waals surface area contributed by atoms with Crippen LogP contribution < -0.4 is 0 Å². The highest BCUT2D eigenvalue weighted by molar-refractivity contribution is 6.33. The molecule has 4 aliphatic rings. The number of aliphatic hydroxyl groups is 4. The van der Waals surface area contributed by atoms with Gasteiger partial charge in [0.15, 0.2) is 11.8 Å². The zero-order valence-electron chi connectivity index (χ0n) is 20.1. The van der Waals surface area contributed by atoms with E-state index >= 15 is 0 Å². The Hall–Kier alpha value is -1.71. The molecule has 1 heterocycles. The van der Waals surface area contributed by atoms with Crippen LogP contribution in [0.4, 0.5) is 0 Å². The molecule has 0 aromatic carbocycles. The largest absolute Gasteiger partial charge is 0.450 e. The van der Waals surface area contributed by atoms with Gasteiger partial charge in [-0.05, 0) is 47.7 Å². The third-order valence-corrected chi connectivity index (χ3v) is 9.75. The fourth-order valence-electron chi connectivity index (χ4n) is 7.71. The summed E-state index contributed by atoms with van der Waals surface area (Å²) in [6.45, 7) is 7.57. The van der Waals surface area contributed by atoms with Gasteiger partial charge in [-0.1, -0.05) is 44.5 Å². The first-order valence-corrected chi connectivity index (χ1v) is 12.2. The first-order chi connectivity index (χ1) is 15.8. The average molecular weight is 493 g/mol. The van der Waals surface area contributed by atoms with E-state index in [1.807, 2.05) is 6.92 Å². The van der Waals surface area contributed by atoms with Crippen molar-refractivity contribution in [2.24, 2.45) is 41.5 Å². The number of ether oxygens (including phenoxy) is 1. The number of carbonyl (C=O) groups is 1. The van der Waals surface area contributed by atoms with Gasteiger partial charge in [-0.2, -0.15) is 5.10 Å². The van der Waals surface area contributed by atoms with Crippen molar-refractivity contribution in [1.82, 2.24) is 9.78 Å². The summed E-state index contributed by atoms with van der Waals surface area (Å²) in [4.78, 5) is 13.1. The SMILES string of the molecule is CC1=C[C@]23C(O)[C@@H](C=C(CO)[C@@H](O)[C@]2(O)[C@H]1OC(=O)c1c(Cl)cnn1C)[C@H]1[C@@H](C[C@H]3C)C1(C)C. The number of aromatic nitrogens is 2. The summed E-state index contributed by atoms with van der Waals surface area (Å²) < 4.78 is 7.13. The molecular formula is C25H33ClN2O6. The topological polar surface area (TPSA) is 125 Å². The van der Waals surface area contributed by atoms with Crippen LogP contribution in [-0.2, 0) is 11.8 Å². The van der Waals surface area contributed by atoms with Gasteiger partial charge in [-0.15, -0.1) is 0 Å². The van der Waals surface area contributed by atoms with E-state index in [4.69, 9.17) is 16.3 Å². The summed E-state index contributed by atoms with van der Waals surface area (Å²) in [5.41, 5.74) is -2.57. The van der Waals surface area contributed by atoms with Crippen molar-refractivity contribution in [2.45, 2.75) is 58.0 Å². The summed E-state index contributed by atoms with van der Waals surface area (Å²) in [7, 11) is 1.55. The quantitative estimate of drug-likeness (QED) is 0.375. The molecule has 8 nitrogen and oxygen atoms in total. The van der Waals surface area contributed by atoms with E-state index in [2.05, 4.69) is 18.9 Å². The summed E-state index contributed by atoms with van der Waals surface area (Å²) in [5.74, 6) is -0.896. The Kier molecular flexibility index (Phi) is 5.22. The van der Waals surface area contributed by atoms with Gasteiger partial charge in [0, 0.05) is 13.0 Å². The number of rotatable bonds is 3. The van der Waals surface area contributed by atoms with Crippen molar-refractivity contribution in [3.05, 3.63) is 40.2 Å². The van der Waals surface area contributed by atoms with Gasteiger partial charge >= 0.3 is 5.97 Å². The maximum Gasteiger partial charge on any atom is 0.358 e. The van der Waals surface area contributed by atoms with Crippen LogP contribution in [0.5, 0.6) is 0 Å². The molecule has 0 radical (unpaired) electrons. The van der Waals surface area contributed by atoms with Crippen molar-refractivity contribution in [2.75, 3.05) is 6.61 Å². The summed E-state index contributed by atoms with van der Waals surface area (Å²) >= 11 is 6.14. The van der Waals surface area contributed by atoms with E-state index in [0.29, 0.717) is 11.5 Å². The molecule has 1 aromatic rings. The molecule has 4 N–H and O–H groups in total. The minimum absolute atomic E-state index is 0.00546. The molecule has 5 rings (SSSR count). The van der Waals surface area contributed by atoms with Gasteiger partial charge in [0.2, 0.25) is 0 Å². The lowest BCUT2D eigenvalue weighted by Gasteiger charge is -2.52. The molecule has 4 aliphatic carbocycles. The first-order valence-electron chi connectivity index (χ1n) is 11.8. The lowest BCUT2D eigenvalue weighted by atomic mass is 9.58. The highest BCUT2D eigenvalue weighted by Crippen LogP contribution is 2.72. The van der Waals surface area contributed by atoms with Gasteiger partial charge in [0.1, 0.15) is 11.7 Å². The predicted octanol–water partition coefficient (Wildman–Crippen LogP) is 1.86. The molecule has 186 valence electrons. The Bertz CT molecular complexity index is 1090. The van der Waals surface area contributed by atoms with Gasteiger partial charge < -0.3 is 25.2 Å². The monoisotopic (exact) mass is 492 g/mol. The van der Waals surface area contributed by atoms with Crippen LogP contribution in [0.1, 0.15) is 44.6 Å². The van der Waals surface area contributed by atoms with E-state index in [1.54, 1.807) is 26.1 Å². The highest BCUT2D eigenvalue weighted by atomic mass is 35.5. The predicted molar refractivity (Wildman–Crippen MR) is 124 cm³/mol. The lowest BCUT2D eigenvalue weighted by Crippen LogP contribution is -2.66. The number of esters is 1. The molecule has 1 aromatic heterocycles. The normalized spacial score (nSPS) is 44.2.